The minimum atomic E-state index is -0.665. The molecule has 0 saturated heterocycles. The summed E-state index contributed by atoms with van der Waals surface area (Å²) in [6.07, 6.45) is 4.50. The van der Waals surface area contributed by atoms with E-state index < -0.39 is 11.6 Å². The van der Waals surface area contributed by atoms with Crippen LogP contribution in [0.4, 0.5) is 20.2 Å². The Morgan fingerprint density at radius 1 is 1.26 bits per heavy atom. The third-order valence-corrected chi connectivity index (χ3v) is 3.71. The van der Waals surface area contributed by atoms with E-state index in [4.69, 9.17) is 5.73 Å². The van der Waals surface area contributed by atoms with Gasteiger partial charge in [-0.05, 0) is 24.8 Å². The lowest BCUT2D eigenvalue weighted by Gasteiger charge is -2.33. The number of nitrogen functional groups attached to an aromatic ring is 1. The topological polar surface area (TPSA) is 29.3 Å². The van der Waals surface area contributed by atoms with Crippen LogP contribution in [0.1, 0.15) is 39.5 Å². The third-order valence-electron chi connectivity index (χ3n) is 3.71. The quantitative estimate of drug-likeness (QED) is 0.838. The smallest absolute Gasteiger partial charge is 0.151 e. The molecule has 0 atom stereocenters. The Morgan fingerprint density at radius 2 is 1.89 bits per heavy atom. The minimum Gasteiger partial charge on any atom is -0.395 e. The second-order valence-electron chi connectivity index (χ2n) is 5.80. The van der Waals surface area contributed by atoms with Crippen LogP contribution in [-0.2, 0) is 0 Å². The molecule has 1 aliphatic carbocycles. The fourth-order valence-electron chi connectivity index (χ4n) is 2.86. The van der Waals surface area contributed by atoms with Crippen LogP contribution >= 0.6 is 0 Å². The summed E-state index contributed by atoms with van der Waals surface area (Å²) in [7, 11) is 0. The van der Waals surface area contributed by atoms with Crippen LogP contribution in [0.5, 0.6) is 0 Å². The van der Waals surface area contributed by atoms with Gasteiger partial charge in [-0.15, -0.1) is 0 Å². The maximum absolute atomic E-state index is 13.6. The molecule has 0 spiro atoms. The van der Waals surface area contributed by atoms with E-state index in [1.807, 2.05) is 0 Å². The molecule has 0 bridgehead atoms. The molecule has 0 aliphatic heterocycles. The van der Waals surface area contributed by atoms with Crippen molar-refractivity contribution in [2.24, 2.45) is 5.92 Å². The summed E-state index contributed by atoms with van der Waals surface area (Å²) in [5.74, 6) is -0.804. The first-order valence-electron chi connectivity index (χ1n) is 7.00. The van der Waals surface area contributed by atoms with Gasteiger partial charge in [0.15, 0.2) is 5.82 Å². The molecular formula is C15H22F2N2. The van der Waals surface area contributed by atoms with Gasteiger partial charge in [0.1, 0.15) is 5.82 Å². The summed E-state index contributed by atoms with van der Waals surface area (Å²) in [5.41, 5.74) is 6.39. The largest absolute Gasteiger partial charge is 0.395 e. The minimum absolute atomic E-state index is 0.0638. The van der Waals surface area contributed by atoms with Crippen LogP contribution in [0.2, 0.25) is 0 Å². The molecule has 1 aromatic carbocycles. The molecule has 0 amide bonds. The average molecular weight is 268 g/mol. The van der Waals surface area contributed by atoms with Gasteiger partial charge in [-0.3, -0.25) is 0 Å². The van der Waals surface area contributed by atoms with E-state index in [1.165, 1.54) is 18.9 Å². The zero-order valence-corrected chi connectivity index (χ0v) is 11.6. The van der Waals surface area contributed by atoms with E-state index in [1.54, 1.807) is 0 Å². The summed E-state index contributed by atoms with van der Waals surface area (Å²) < 4.78 is 27.1. The van der Waals surface area contributed by atoms with E-state index in [0.717, 1.165) is 25.5 Å². The van der Waals surface area contributed by atoms with E-state index in [9.17, 15) is 8.78 Å². The zero-order chi connectivity index (χ0) is 14.0. The number of nitrogens with zero attached hydrogens (tertiary/aromatic N) is 1. The molecule has 0 unspecified atom stereocenters. The monoisotopic (exact) mass is 268 g/mol. The molecule has 1 aromatic rings. The Morgan fingerprint density at radius 3 is 2.47 bits per heavy atom. The summed E-state index contributed by atoms with van der Waals surface area (Å²) in [5, 5.41) is 0. The fourth-order valence-corrected chi connectivity index (χ4v) is 2.86. The standard InChI is InChI=1S/C15H22F2N2/c1-10(2)9-19(12-5-3-4-6-12)14-8-11(16)7-13(17)15(14)18/h7-8,10,12H,3-6,9,18H2,1-2H3. The first-order valence-corrected chi connectivity index (χ1v) is 7.00. The lowest BCUT2D eigenvalue weighted by Crippen LogP contribution is -2.37. The molecule has 106 valence electrons. The Kier molecular flexibility index (Phi) is 4.27. The van der Waals surface area contributed by atoms with Gasteiger partial charge in [0, 0.05) is 18.7 Å². The number of nitrogens with two attached hydrogens (primary N) is 1. The number of rotatable bonds is 4. The number of anilines is 2. The van der Waals surface area contributed by atoms with Crippen LogP contribution < -0.4 is 10.6 Å². The van der Waals surface area contributed by atoms with Crippen LogP contribution in [0.25, 0.3) is 0 Å². The van der Waals surface area contributed by atoms with Gasteiger partial charge in [-0.25, -0.2) is 8.78 Å². The first-order chi connectivity index (χ1) is 8.99. The fraction of sp³-hybridized carbons (Fsp3) is 0.600. The molecule has 0 heterocycles. The highest BCUT2D eigenvalue weighted by atomic mass is 19.1. The highest BCUT2D eigenvalue weighted by Gasteiger charge is 2.26. The highest BCUT2D eigenvalue weighted by molar-refractivity contribution is 5.68. The van der Waals surface area contributed by atoms with Crippen molar-refractivity contribution in [2.75, 3.05) is 17.2 Å². The van der Waals surface area contributed by atoms with Gasteiger partial charge < -0.3 is 10.6 Å². The van der Waals surface area contributed by atoms with Crippen LogP contribution in [-0.4, -0.2) is 12.6 Å². The Hall–Kier alpha value is -1.32. The van der Waals surface area contributed by atoms with Gasteiger partial charge in [0.25, 0.3) is 0 Å². The zero-order valence-electron chi connectivity index (χ0n) is 11.6. The van der Waals surface area contributed by atoms with Crippen LogP contribution in [0, 0.1) is 17.6 Å². The summed E-state index contributed by atoms with van der Waals surface area (Å²) >= 11 is 0. The molecular weight excluding hydrogens is 246 g/mol. The van der Waals surface area contributed by atoms with Crippen molar-refractivity contribution in [1.29, 1.82) is 0 Å². The van der Waals surface area contributed by atoms with Crippen LogP contribution in [0.15, 0.2) is 12.1 Å². The van der Waals surface area contributed by atoms with E-state index in [-0.39, 0.29) is 5.69 Å². The number of halogens is 2. The Bertz CT molecular complexity index is 440. The average Bonchev–Trinajstić information content (AvgIpc) is 2.84. The molecule has 2 N–H and O–H groups in total. The Labute approximate surface area is 113 Å². The summed E-state index contributed by atoms with van der Waals surface area (Å²) in [6.45, 7) is 4.99. The number of benzene rings is 1. The maximum atomic E-state index is 13.6. The van der Waals surface area contributed by atoms with Crippen molar-refractivity contribution in [2.45, 2.75) is 45.6 Å². The van der Waals surface area contributed by atoms with Crippen molar-refractivity contribution in [3.8, 4) is 0 Å². The van der Waals surface area contributed by atoms with Crippen molar-refractivity contribution >= 4 is 11.4 Å². The summed E-state index contributed by atoms with van der Waals surface area (Å²) in [6, 6.07) is 2.56. The molecule has 2 nitrogen and oxygen atoms in total. The molecule has 0 aromatic heterocycles. The van der Waals surface area contributed by atoms with Crippen molar-refractivity contribution in [3.05, 3.63) is 23.8 Å². The second-order valence-corrected chi connectivity index (χ2v) is 5.80. The molecule has 0 radical (unpaired) electrons. The van der Waals surface area contributed by atoms with Crippen LogP contribution in [0.3, 0.4) is 0 Å². The third kappa shape index (κ3) is 3.17. The predicted octanol–water partition coefficient (Wildman–Crippen LogP) is 3.95. The highest BCUT2D eigenvalue weighted by Crippen LogP contribution is 2.34. The van der Waals surface area contributed by atoms with Gasteiger partial charge in [-0.1, -0.05) is 26.7 Å². The summed E-state index contributed by atoms with van der Waals surface area (Å²) in [4.78, 5) is 2.10. The van der Waals surface area contributed by atoms with Crippen molar-refractivity contribution in [3.63, 3.8) is 0 Å². The Balaban J connectivity index is 2.36. The lowest BCUT2D eigenvalue weighted by atomic mass is 10.1. The number of hydrogen-bond donors (Lipinski definition) is 1. The molecule has 19 heavy (non-hydrogen) atoms. The van der Waals surface area contributed by atoms with E-state index >= 15 is 0 Å². The van der Waals surface area contributed by atoms with Crippen molar-refractivity contribution in [1.82, 2.24) is 0 Å². The molecule has 2 rings (SSSR count). The van der Waals surface area contributed by atoms with Gasteiger partial charge in [0.05, 0.1) is 11.4 Å². The first kappa shape index (κ1) is 14.1. The normalized spacial score (nSPS) is 16.3. The number of hydrogen-bond acceptors (Lipinski definition) is 2. The molecule has 1 saturated carbocycles. The maximum Gasteiger partial charge on any atom is 0.151 e. The van der Waals surface area contributed by atoms with E-state index in [2.05, 4.69) is 18.7 Å². The molecule has 1 aliphatic rings. The second kappa shape index (κ2) is 5.76. The lowest BCUT2D eigenvalue weighted by molar-refractivity contribution is 0.530. The van der Waals surface area contributed by atoms with Gasteiger partial charge in [0.2, 0.25) is 0 Å². The van der Waals surface area contributed by atoms with Gasteiger partial charge >= 0.3 is 0 Å². The molecule has 1 fully saturated rings. The van der Waals surface area contributed by atoms with E-state index in [0.29, 0.717) is 17.6 Å². The SMILES string of the molecule is CC(C)CN(c1cc(F)cc(F)c1N)C1CCCC1. The van der Waals surface area contributed by atoms with Gasteiger partial charge in [-0.2, -0.15) is 0 Å². The van der Waals surface area contributed by atoms with Crippen molar-refractivity contribution < 1.29 is 8.78 Å². The predicted molar refractivity (Wildman–Crippen MR) is 75.2 cm³/mol. The molecule has 4 heteroatoms.